The lowest BCUT2D eigenvalue weighted by atomic mass is 10.0. The summed E-state index contributed by atoms with van der Waals surface area (Å²) < 4.78 is 5.77. The van der Waals surface area contributed by atoms with Crippen LogP contribution in [-0.2, 0) is 11.3 Å². The molecule has 0 bridgehead atoms. The van der Waals surface area contributed by atoms with E-state index in [0.29, 0.717) is 6.61 Å². The molecule has 1 fully saturated rings. The molecule has 21 heavy (non-hydrogen) atoms. The summed E-state index contributed by atoms with van der Waals surface area (Å²) in [4.78, 5) is 2.34. The van der Waals surface area contributed by atoms with Crippen molar-refractivity contribution in [1.82, 2.24) is 4.90 Å². The van der Waals surface area contributed by atoms with Gasteiger partial charge in [0.25, 0.3) is 0 Å². The van der Waals surface area contributed by atoms with Crippen molar-refractivity contribution in [2.75, 3.05) is 19.7 Å². The average Bonchev–Trinajstić information content (AvgIpc) is 2.56. The van der Waals surface area contributed by atoms with Crippen LogP contribution >= 0.6 is 0 Å². The molecule has 0 unspecified atom stereocenters. The molecule has 2 aromatic carbocycles. The first kappa shape index (κ1) is 14.3. The molecular weight excluding hydrogens is 262 g/mol. The number of hydrogen-bond donors (Lipinski definition) is 1. The van der Waals surface area contributed by atoms with Crippen LogP contribution in [0.15, 0.2) is 60.7 Å². The van der Waals surface area contributed by atoms with Gasteiger partial charge in [0.2, 0.25) is 0 Å². The lowest BCUT2D eigenvalue weighted by molar-refractivity contribution is -0.0918. The van der Waals surface area contributed by atoms with E-state index in [9.17, 15) is 5.11 Å². The maximum absolute atomic E-state index is 10.5. The molecule has 0 radical (unpaired) electrons. The van der Waals surface area contributed by atoms with E-state index in [1.165, 1.54) is 5.56 Å². The normalized spacial score (nSPS) is 21.1. The second kappa shape index (κ2) is 6.85. The van der Waals surface area contributed by atoms with E-state index in [0.717, 1.165) is 25.2 Å². The van der Waals surface area contributed by atoms with Crippen LogP contribution in [0.5, 0.6) is 0 Å². The highest BCUT2D eigenvalue weighted by molar-refractivity contribution is 5.19. The standard InChI is InChI=1S/C18H21NO2/c20-18(16-9-5-2-6-10-16)17-14-19(11-12-21-17)13-15-7-3-1-4-8-15/h1-10,17-18,20H,11-14H2/t17-,18+/m1/s1. The summed E-state index contributed by atoms with van der Waals surface area (Å²) in [5.41, 5.74) is 2.22. The van der Waals surface area contributed by atoms with Crippen molar-refractivity contribution in [3.05, 3.63) is 71.8 Å². The fourth-order valence-corrected chi connectivity index (χ4v) is 2.77. The molecule has 1 aliphatic rings. The molecule has 1 heterocycles. The molecule has 1 N–H and O–H groups in total. The Hall–Kier alpha value is -1.68. The smallest absolute Gasteiger partial charge is 0.106 e. The first-order valence-electron chi connectivity index (χ1n) is 7.44. The Kier molecular flexibility index (Phi) is 4.65. The minimum atomic E-state index is -0.565. The van der Waals surface area contributed by atoms with E-state index in [4.69, 9.17) is 4.74 Å². The SMILES string of the molecule is O[C@@H](c1ccccc1)[C@H]1CN(Cc2ccccc2)CCO1. The Morgan fingerprint density at radius 2 is 1.71 bits per heavy atom. The summed E-state index contributed by atoms with van der Waals surface area (Å²) >= 11 is 0. The zero-order valence-corrected chi connectivity index (χ0v) is 12.1. The Balaban J connectivity index is 1.63. The Labute approximate surface area is 125 Å². The third kappa shape index (κ3) is 3.70. The van der Waals surface area contributed by atoms with Gasteiger partial charge >= 0.3 is 0 Å². The van der Waals surface area contributed by atoms with Crippen LogP contribution in [0.2, 0.25) is 0 Å². The van der Waals surface area contributed by atoms with E-state index in [-0.39, 0.29) is 6.10 Å². The molecular formula is C18H21NO2. The summed E-state index contributed by atoms with van der Waals surface area (Å²) in [6.45, 7) is 3.24. The fourth-order valence-electron chi connectivity index (χ4n) is 2.77. The topological polar surface area (TPSA) is 32.7 Å². The molecule has 3 heteroatoms. The molecule has 0 amide bonds. The van der Waals surface area contributed by atoms with Crippen molar-refractivity contribution in [1.29, 1.82) is 0 Å². The molecule has 0 saturated carbocycles. The molecule has 1 saturated heterocycles. The number of benzene rings is 2. The van der Waals surface area contributed by atoms with Crippen LogP contribution in [-0.4, -0.2) is 35.8 Å². The van der Waals surface area contributed by atoms with Gasteiger partial charge in [0.15, 0.2) is 0 Å². The number of morpholine rings is 1. The highest BCUT2D eigenvalue weighted by Gasteiger charge is 2.27. The Morgan fingerprint density at radius 3 is 2.43 bits per heavy atom. The van der Waals surface area contributed by atoms with Crippen LogP contribution in [0.4, 0.5) is 0 Å². The van der Waals surface area contributed by atoms with Gasteiger partial charge in [-0.15, -0.1) is 0 Å². The summed E-state index contributed by atoms with van der Waals surface area (Å²) in [6.07, 6.45) is -0.727. The highest BCUT2D eigenvalue weighted by Crippen LogP contribution is 2.22. The van der Waals surface area contributed by atoms with Crippen LogP contribution in [0.1, 0.15) is 17.2 Å². The maximum Gasteiger partial charge on any atom is 0.106 e. The first-order chi connectivity index (χ1) is 10.3. The number of ether oxygens (including phenoxy) is 1. The van der Waals surface area contributed by atoms with Gasteiger partial charge in [-0.1, -0.05) is 60.7 Å². The van der Waals surface area contributed by atoms with Crippen LogP contribution < -0.4 is 0 Å². The lowest BCUT2D eigenvalue weighted by Crippen LogP contribution is -2.44. The molecule has 3 rings (SSSR count). The molecule has 0 aromatic heterocycles. The molecule has 0 aliphatic carbocycles. The lowest BCUT2D eigenvalue weighted by Gasteiger charge is -2.35. The van der Waals surface area contributed by atoms with Gasteiger partial charge in [0.1, 0.15) is 12.2 Å². The molecule has 3 nitrogen and oxygen atoms in total. The Morgan fingerprint density at radius 1 is 1.05 bits per heavy atom. The number of aliphatic hydroxyl groups excluding tert-OH is 1. The van der Waals surface area contributed by atoms with E-state index in [2.05, 4.69) is 29.2 Å². The van der Waals surface area contributed by atoms with E-state index >= 15 is 0 Å². The quantitative estimate of drug-likeness (QED) is 0.936. The molecule has 110 valence electrons. The van der Waals surface area contributed by atoms with Crippen molar-refractivity contribution >= 4 is 0 Å². The molecule has 0 spiro atoms. The van der Waals surface area contributed by atoms with Gasteiger partial charge < -0.3 is 9.84 Å². The summed E-state index contributed by atoms with van der Waals surface area (Å²) in [5, 5.41) is 10.5. The van der Waals surface area contributed by atoms with Gasteiger partial charge in [-0.2, -0.15) is 0 Å². The van der Waals surface area contributed by atoms with Crippen molar-refractivity contribution in [2.24, 2.45) is 0 Å². The van der Waals surface area contributed by atoms with Crippen LogP contribution in [0.25, 0.3) is 0 Å². The minimum absolute atomic E-state index is 0.162. The largest absolute Gasteiger partial charge is 0.386 e. The van der Waals surface area contributed by atoms with Crippen molar-refractivity contribution < 1.29 is 9.84 Å². The predicted octanol–water partition coefficient (Wildman–Crippen LogP) is 2.62. The zero-order chi connectivity index (χ0) is 14.5. The number of rotatable bonds is 4. The first-order valence-corrected chi connectivity index (χ1v) is 7.44. The Bertz CT molecular complexity index is 544. The summed E-state index contributed by atoms with van der Waals surface area (Å²) in [7, 11) is 0. The average molecular weight is 283 g/mol. The monoisotopic (exact) mass is 283 g/mol. The predicted molar refractivity (Wildman–Crippen MR) is 82.9 cm³/mol. The number of aliphatic hydroxyl groups is 1. The van der Waals surface area contributed by atoms with Crippen molar-refractivity contribution in [2.45, 2.75) is 18.8 Å². The molecule has 2 atom stereocenters. The molecule has 2 aromatic rings. The van der Waals surface area contributed by atoms with Gasteiger partial charge in [0.05, 0.1) is 6.61 Å². The van der Waals surface area contributed by atoms with E-state index in [1.54, 1.807) is 0 Å². The third-order valence-electron chi connectivity index (χ3n) is 3.92. The van der Waals surface area contributed by atoms with Crippen molar-refractivity contribution in [3.63, 3.8) is 0 Å². The van der Waals surface area contributed by atoms with Crippen LogP contribution in [0, 0.1) is 0 Å². The number of nitrogens with zero attached hydrogens (tertiary/aromatic N) is 1. The molecule has 1 aliphatic heterocycles. The fraction of sp³-hybridized carbons (Fsp3) is 0.333. The summed E-state index contributed by atoms with van der Waals surface area (Å²) in [6, 6.07) is 20.2. The van der Waals surface area contributed by atoms with E-state index in [1.807, 2.05) is 36.4 Å². The van der Waals surface area contributed by atoms with Gasteiger partial charge in [-0.05, 0) is 11.1 Å². The third-order valence-corrected chi connectivity index (χ3v) is 3.92. The number of hydrogen-bond acceptors (Lipinski definition) is 3. The maximum atomic E-state index is 10.5. The van der Waals surface area contributed by atoms with Crippen LogP contribution in [0.3, 0.4) is 0 Å². The van der Waals surface area contributed by atoms with Gasteiger partial charge in [-0.25, -0.2) is 0 Å². The highest BCUT2D eigenvalue weighted by atomic mass is 16.5. The second-order valence-electron chi connectivity index (χ2n) is 5.49. The minimum Gasteiger partial charge on any atom is -0.386 e. The van der Waals surface area contributed by atoms with Gasteiger partial charge in [0, 0.05) is 19.6 Å². The summed E-state index contributed by atoms with van der Waals surface area (Å²) in [5.74, 6) is 0. The van der Waals surface area contributed by atoms with Crippen molar-refractivity contribution in [3.8, 4) is 0 Å². The van der Waals surface area contributed by atoms with Gasteiger partial charge in [-0.3, -0.25) is 4.90 Å². The zero-order valence-electron chi connectivity index (χ0n) is 12.1. The second-order valence-corrected chi connectivity index (χ2v) is 5.49. The van der Waals surface area contributed by atoms with E-state index < -0.39 is 6.10 Å².